The molecule has 0 fully saturated rings. The average molecular weight is 407 g/mol. The third kappa shape index (κ3) is 12.5. The monoisotopic (exact) mass is 406 g/mol. The van der Waals surface area contributed by atoms with Gasteiger partial charge >= 0.3 is 5.97 Å². The number of carbonyl (C=O) groups is 1. The molecule has 0 rings (SSSR count). The first-order chi connectivity index (χ1) is 12.5. The van der Waals surface area contributed by atoms with E-state index in [1.54, 1.807) is 7.11 Å². The molecule has 3 unspecified atom stereocenters. The Balaban J connectivity index is 3.95. The molecule has 0 heterocycles. The van der Waals surface area contributed by atoms with E-state index in [0.717, 1.165) is 35.7 Å². The number of carbonyl (C=O) groups excluding carboxylic acids is 1. The van der Waals surface area contributed by atoms with Crippen LogP contribution in [-0.4, -0.2) is 49.3 Å². The normalized spacial score (nSPS) is 15.0. The maximum Gasteiger partial charge on any atom is 0.334 e. The lowest BCUT2D eigenvalue weighted by molar-refractivity contribution is -0.152. The van der Waals surface area contributed by atoms with Crippen molar-refractivity contribution in [3.8, 4) is 0 Å². The van der Waals surface area contributed by atoms with E-state index >= 15 is 0 Å². The molecule has 26 heavy (non-hydrogen) atoms. The topological polar surface area (TPSA) is 35.5 Å². The zero-order chi connectivity index (χ0) is 19.8. The van der Waals surface area contributed by atoms with Gasteiger partial charge in [-0.1, -0.05) is 58.8 Å². The molecule has 3 atom stereocenters. The van der Waals surface area contributed by atoms with Crippen LogP contribution in [0.1, 0.15) is 78.1 Å². The second kappa shape index (κ2) is 17.2. The highest BCUT2D eigenvalue weighted by molar-refractivity contribution is 8.03. The maximum atomic E-state index is 11.5. The lowest BCUT2D eigenvalue weighted by atomic mass is 10.0. The van der Waals surface area contributed by atoms with Gasteiger partial charge in [-0.25, -0.2) is 4.79 Å². The molecule has 0 aromatic rings. The SMILES string of the molecule is COC(=O)C(CCCCCCC(SC)C(CCCCC(C)C)SC)OC. The minimum absolute atomic E-state index is 0.254. The summed E-state index contributed by atoms with van der Waals surface area (Å²) in [5.41, 5.74) is 0. The first-order valence-corrected chi connectivity index (χ1v) is 12.7. The molecule has 0 amide bonds. The fourth-order valence-corrected chi connectivity index (χ4v) is 5.65. The van der Waals surface area contributed by atoms with E-state index in [-0.39, 0.29) is 5.97 Å². The van der Waals surface area contributed by atoms with Crippen molar-refractivity contribution < 1.29 is 14.3 Å². The first-order valence-electron chi connectivity index (χ1n) is 10.2. The van der Waals surface area contributed by atoms with Crippen LogP contribution in [0.3, 0.4) is 0 Å². The number of unbranched alkanes of at least 4 members (excludes halogenated alkanes) is 4. The van der Waals surface area contributed by atoms with Crippen LogP contribution in [0.5, 0.6) is 0 Å². The summed E-state index contributed by atoms with van der Waals surface area (Å²) in [5.74, 6) is 0.575. The van der Waals surface area contributed by atoms with Crippen LogP contribution < -0.4 is 0 Å². The van der Waals surface area contributed by atoms with Crippen LogP contribution in [0.15, 0.2) is 0 Å². The summed E-state index contributed by atoms with van der Waals surface area (Å²) in [5, 5.41) is 1.56. The first kappa shape index (κ1) is 26.1. The maximum absolute atomic E-state index is 11.5. The molecule has 0 N–H and O–H groups in total. The van der Waals surface area contributed by atoms with Crippen molar-refractivity contribution in [1.82, 2.24) is 0 Å². The van der Waals surface area contributed by atoms with Crippen molar-refractivity contribution in [2.24, 2.45) is 5.92 Å². The highest BCUT2D eigenvalue weighted by atomic mass is 32.2. The summed E-state index contributed by atoms with van der Waals surface area (Å²) in [6.45, 7) is 4.63. The Hall–Kier alpha value is 0.130. The van der Waals surface area contributed by atoms with Crippen LogP contribution in [0.25, 0.3) is 0 Å². The molecule has 0 spiro atoms. The Morgan fingerprint density at radius 2 is 1.23 bits per heavy atom. The Morgan fingerprint density at radius 3 is 1.65 bits per heavy atom. The highest BCUT2D eigenvalue weighted by Crippen LogP contribution is 2.30. The van der Waals surface area contributed by atoms with Crippen molar-refractivity contribution in [3.63, 3.8) is 0 Å². The number of hydrogen-bond acceptors (Lipinski definition) is 5. The molecule has 0 saturated heterocycles. The lowest BCUT2D eigenvalue weighted by Gasteiger charge is -2.24. The number of thioether (sulfide) groups is 2. The number of rotatable bonds is 17. The van der Waals surface area contributed by atoms with E-state index in [9.17, 15) is 4.79 Å². The van der Waals surface area contributed by atoms with E-state index in [1.165, 1.54) is 52.1 Å². The molecule has 0 aromatic heterocycles. The van der Waals surface area contributed by atoms with Gasteiger partial charge < -0.3 is 9.47 Å². The third-order valence-electron chi connectivity index (χ3n) is 4.99. The summed E-state index contributed by atoms with van der Waals surface area (Å²) in [6, 6.07) is 0. The fourth-order valence-electron chi connectivity index (χ4n) is 3.30. The second-order valence-corrected chi connectivity index (χ2v) is 9.62. The minimum Gasteiger partial charge on any atom is -0.467 e. The number of methoxy groups -OCH3 is 2. The molecule has 0 aliphatic carbocycles. The number of ether oxygens (including phenoxy) is 2. The predicted octanol–water partition coefficient (Wildman–Crippen LogP) is 6.19. The molecule has 0 aliphatic rings. The highest BCUT2D eigenvalue weighted by Gasteiger charge is 2.20. The molecule has 0 saturated carbocycles. The van der Waals surface area contributed by atoms with Gasteiger partial charge in [0.25, 0.3) is 0 Å². The zero-order valence-electron chi connectivity index (χ0n) is 17.9. The molecular formula is C21H42O3S2. The van der Waals surface area contributed by atoms with Gasteiger partial charge in [0.2, 0.25) is 0 Å². The summed E-state index contributed by atoms with van der Waals surface area (Å²) in [6.07, 6.45) is 16.4. The van der Waals surface area contributed by atoms with E-state index in [1.807, 2.05) is 11.8 Å². The summed E-state index contributed by atoms with van der Waals surface area (Å²) in [7, 11) is 3.00. The van der Waals surface area contributed by atoms with Gasteiger partial charge in [0.15, 0.2) is 6.10 Å². The van der Waals surface area contributed by atoms with Crippen LogP contribution >= 0.6 is 23.5 Å². The minimum atomic E-state index is -0.398. The van der Waals surface area contributed by atoms with Gasteiger partial charge in [-0.3, -0.25) is 0 Å². The van der Waals surface area contributed by atoms with Gasteiger partial charge in [-0.15, -0.1) is 0 Å². The van der Waals surface area contributed by atoms with E-state index in [0.29, 0.717) is 0 Å². The molecule has 3 nitrogen and oxygen atoms in total. The second-order valence-electron chi connectivity index (χ2n) is 7.47. The van der Waals surface area contributed by atoms with Crippen molar-refractivity contribution in [1.29, 1.82) is 0 Å². The van der Waals surface area contributed by atoms with Gasteiger partial charge in [-0.05, 0) is 37.7 Å². The van der Waals surface area contributed by atoms with Crippen LogP contribution in [0, 0.1) is 5.92 Å². The molecule has 156 valence electrons. The summed E-state index contributed by atoms with van der Waals surface area (Å²) in [4.78, 5) is 11.5. The molecule has 0 bridgehead atoms. The van der Waals surface area contributed by atoms with Gasteiger partial charge in [-0.2, -0.15) is 23.5 Å². The van der Waals surface area contributed by atoms with Gasteiger partial charge in [0, 0.05) is 17.6 Å². The molecular weight excluding hydrogens is 364 g/mol. The largest absolute Gasteiger partial charge is 0.467 e. The Morgan fingerprint density at radius 1 is 0.769 bits per heavy atom. The van der Waals surface area contributed by atoms with Crippen LogP contribution in [0.4, 0.5) is 0 Å². The fraction of sp³-hybridized carbons (Fsp3) is 0.952. The average Bonchev–Trinajstić information content (AvgIpc) is 2.64. The standard InChI is InChI=1S/C21H42O3S2/c1-17(2)13-11-12-16-20(26-6)19(25-5)15-10-8-7-9-14-18(23-3)21(22)24-4/h17-20H,7-16H2,1-6H3. The summed E-state index contributed by atoms with van der Waals surface area (Å²) < 4.78 is 9.94. The van der Waals surface area contributed by atoms with E-state index < -0.39 is 6.10 Å². The molecule has 0 radical (unpaired) electrons. The molecule has 0 aromatic carbocycles. The molecule has 5 heteroatoms. The van der Waals surface area contributed by atoms with Crippen molar-refractivity contribution in [2.45, 2.75) is 94.7 Å². The van der Waals surface area contributed by atoms with Crippen molar-refractivity contribution >= 4 is 29.5 Å². The smallest absolute Gasteiger partial charge is 0.334 e. The Labute approximate surface area is 171 Å². The summed E-state index contributed by atoms with van der Waals surface area (Å²) >= 11 is 4.10. The third-order valence-corrected chi connectivity index (χ3v) is 7.51. The van der Waals surface area contributed by atoms with Crippen LogP contribution in [0.2, 0.25) is 0 Å². The van der Waals surface area contributed by atoms with E-state index in [2.05, 4.69) is 38.1 Å². The van der Waals surface area contributed by atoms with Crippen molar-refractivity contribution in [3.05, 3.63) is 0 Å². The Bertz CT molecular complexity index is 337. The van der Waals surface area contributed by atoms with E-state index in [4.69, 9.17) is 9.47 Å². The van der Waals surface area contributed by atoms with Gasteiger partial charge in [0.05, 0.1) is 7.11 Å². The predicted molar refractivity (Wildman–Crippen MR) is 118 cm³/mol. The lowest BCUT2D eigenvalue weighted by Crippen LogP contribution is -2.24. The number of esters is 1. The number of hydrogen-bond donors (Lipinski definition) is 0. The Kier molecular flexibility index (Phi) is 17.3. The van der Waals surface area contributed by atoms with Gasteiger partial charge in [0.1, 0.15) is 0 Å². The quantitative estimate of drug-likeness (QED) is 0.212. The zero-order valence-corrected chi connectivity index (χ0v) is 19.6. The van der Waals surface area contributed by atoms with Crippen LogP contribution in [-0.2, 0) is 14.3 Å². The van der Waals surface area contributed by atoms with Crippen molar-refractivity contribution in [2.75, 3.05) is 26.7 Å². The molecule has 0 aliphatic heterocycles.